The van der Waals surface area contributed by atoms with Crippen LogP contribution < -0.4 is 14.8 Å². The van der Waals surface area contributed by atoms with Gasteiger partial charge in [0.15, 0.2) is 0 Å². The summed E-state index contributed by atoms with van der Waals surface area (Å²) in [5.74, 6) is 1.10. The maximum absolute atomic E-state index is 13.5. The average Bonchev–Trinajstić information content (AvgIpc) is 2.52. The Bertz CT molecular complexity index is 584. The summed E-state index contributed by atoms with van der Waals surface area (Å²) >= 11 is 0. The number of likely N-dealkylation sites (N-methyl/N-ethyl adjacent to an activating group) is 1. The third kappa shape index (κ3) is 3.95. The fourth-order valence-corrected chi connectivity index (χ4v) is 2.03. The minimum atomic E-state index is -0.252. The van der Waals surface area contributed by atoms with Gasteiger partial charge < -0.3 is 14.8 Å². The summed E-state index contributed by atoms with van der Waals surface area (Å²) in [7, 11) is 3.51. The van der Waals surface area contributed by atoms with Gasteiger partial charge in [0.1, 0.15) is 23.9 Å². The van der Waals surface area contributed by atoms with E-state index in [0.717, 1.165) is 11.3 Å². The minimum absolute atomic E-state index is 0.0280. The van der Waals surface area contributed by atoms with Gasteiger partial charge in [0.2, 0.25) is 0 Å². The molecular weight excluding hydrogens is 269 g/mol. The number of benzene rings is 2. The van der Waals surface area contributed by atoms with Gasteiger partial charge in [-0.3, -0.25) is 0 Å². The van der Waals surface area contributed by atoms with Crippen molar-refractivity contribution in [3.63, 3.8) is 0 Å². The predicted molar refractivity (Wildman–Crippen MR) is 81.4 cm³/mol. The summed E-state index contributed by atoms with van der Waals surface area (Å²) in [5, 5.41) is 3.19. The topological polar surface area (TPSA) is 30.5 Å². The highest BCUT2D eigenvalue weighted by molar-refractivity contribution is 5.30. The first kappa shape index (κ1) is 15.3. The van der Waals surface area contributed by atoms with Crippen molar-refractivity contribution in [1.82, 2.24) is 5.32 Å². The van der Waals surface area contributed by atoms with Crippen LogP contribution in [0.3, 0.4) is 0 Å². The van der Waals surface area contributed by atoms with Crippen molar-refractivity contribution in [2.24, 2.45) is 0 Å². The fraction of sp³-hybridized carbons (Fsp3) is 0.294. The fourth-order valence-electron chi connectivity index (χ4n) is 2.03. The van der Waals surface area contributed by atoms with Crippen LogP contribution in [0.5, 0.6) is 11.5 Å². The molecule has 0 aromatic heterocycles. The van der Waals surface area contributed by atoms with E-state index in [1.807, 2.05) is 31.3 Å². The zero-order valence-electron chi connectivity index (χ0n) is 12.5. The number of hydrogen-bond donors (Lipinski definition) is 1. The maximum Gasteiger partial charge on any atom is 0.129 e. The van der Waals surface area contributed by atoms with Gasteiger partial charge in [-0.15, -0.1) is 0 Å². The van der Waals surface area contributed by atoms with Gasteiger partial charge in [0.25, 0.3) is 0 Å². The molecule has 0 saturated carbocycles. The van der Waals surface area contributed by atoms with Gasteiger partial charge in [-0.25, -0.2) is 4.39 Å². The van der Waals surface area contributed by atoms with Crippen LogP contribution in [0.25, 0.3) is 0 Å². The molecule has 112 valence electrons. The number of methoxy groups -OCH3 is 1. The Morgan fingerprint density at radius 2 is 1.76 bits per heavy atom. The zero-order valence-corrected chi connectivity index (χ0v) is 12.5. The summed E-state index contributed by atoms with van der Waals surface area (Å²) < 4.78 is 24.3. The molecule has 0 spiro atoms. The standard InChI is InChI=1S/C17H20FNO2/c1-12-4-7-15(10-16(12)18)21-11-17(19-2)13-5-8-14(20-3)9-6-13/h4-10,17,19H,11H2,1-3H3. The van der Waals surface area contributed by atoms with E-state index in [-0.39, 0.29) is 11.9 Å². The lowest BCUT2D eigenvalue weighted by atomic mass is 10.1. The molecule has 2 aromatic carbocycles. The average molecular weight is 289 g/mol. The largest absolute Gasteiger partial charge is 0.497 e. The molecule has 21 heavy (non-hydrogen) atoms. The van der Waals surface area contributed by atoms with Crippen LogP contribution in [0.4, 0.5) is 4.39 Å². The molecule has 0 saturated heterocycles. The number of ether oxygens (including phenoxy) is 2. The summed E-state index contributed by atoms with van der Waals surface area (Å²) in [6, 6.07) is 12.7. The maximum atomic E-state index is 13.5. The highest BCUT2D eigenvalue weighted by atomic mass is 19.1. The Hall–Kier alpha value is -2.07. The lowest BCUT2D eigenvalue weighted by molar-refractivity contribution is 0.272. The first-order chi connectivity index (χ1) is 10.1. The van der Waals surface area contributed by atoms with E-state index >= 15 is 0 Å². The predicted octanol–water partition coefficient (Wildman–Crippen LogP) is 3.48. The Balaban J connectivity index is 2.02. The molecule has 1 unspecified atom stereocenters. The van der Waals surface area contributed by atoms with E-state index in [1.165, 1.54) is 6.07 Å². The number of nitrogens with one attached hydrogen (secondary N) is 1. The normalized spacial score (nSPS) is 12.0. The van der Waals surface area contributed by atoms with Gasteiger partial charge in [0, 0.05) is 6.07 Å². The minimum Gasteiger partial charge on any atom is -0.497 e. The second-order valence-corrected chi connectivity index (χ2v) is 4.84. The first-order valence-electron chi connectivity index (χ1n) is 6.84. The third-order valence-electron chi connectivity index (χ3n) is 3.43. The number of aryl methyl sites for hydroxylation is 1. The van der Waals surface area contributed by atoms with Crippen molar-refractivity contribution >= 4 is 0 Å². The molecule has 0 radical (unpaired) electrons. The number of halogens is 1. The molecule has 1 N–H and O–H groups in total. The summed E-state index contributed by atoms with van der Waals surface area (Å²) in [6.07, 6.45) is 0. The van der Waals surface area contributed by atoms with Crippen molar-refractivity contribution in [3.05, 3.63) is 59.4 Å². The molecule has 0 amide bonds. The Kier molecular flexibility index (Phi) is 5.17. The number of rotatable bonds is 6. The monoisotopic (exact) mass is 289 g/mol. The smallest absolute Gasteiger partial charge is 0.129 e. The molecule has 3 nitrogen and oxygen atoms in total. The van der Waals surface area contributed by atoms with E-state index in [4.69, 9.17) is 9.47 Å². The van der Waals surface area contributed by atoms with Gasteiger partial charge >= 0.3 is 0 Å². The summed E-state index contributed by atoms with van der Waals surface area (Å²) in [4.78, 5) is 0. The van der Waals surface area contributed by atoms with Crippen LogP contribution in [-0.4, -0.2) is 20.8 Å². The quantitative estimate of drug-likeness (QED) is 0.883. The SMILES string of the molecule is CNC(COc1ccc(C)c(F)c1)c1ccc(OC)cc1. The van der Waals surface area contributed by atoms with E-state index in [2.05, 4.69) is 5.32 Å². The third-order valence-corrected chi connectivity index (χ3v) is 3.43. The lowest BCUT2D eigenvalue weighted by Gasteiger charge is -2.18. The van der Waals surface area contributed by atoms with Crippen LogP contribution >= 0.6 is 0 Å². The van der Waals surface area contributed by atoms with Gasteiger partial charge in [-0.2, -0.15) is 0 Å². The Morgan fingerprint density at radius 3 is 2.33 bits per heavy atom. The molecule has 2 aromatic rings. The highest BCUT2D eigenvalue weighted by Gasteiger charge is 2.11. The molecule has 1 atom stereocenters. The van der Waals surface area contributed by atoms with Crippen LogP contribution in [-0.2, 0) is 0 Å². The molecule has 0 fully saturated rings. The van der Waals surface area contributed by atoms with Gasteiger partial charge in [-0.05, 0) is 43.3 Å². The summed E-state index contributed by atoms with van der Waals surface area (Å²) in [5.41, 5.74) is 1.70. The molecule has 0 aliphatic heterocycles. The van der Waals surface area contributed by atoms with E-state index in [1.54, 1.807) is 26.2 Å². The second kappa shape index (κ2) is 7.09. The van der Waals surface area contributed by atoms with E-state index < -0.39 is 0 Å². The first-order valence-corrected chi connectivity index (χ1v) is 6.84. The Labute approximate surface area is 124 Å². The zero-order chi connectivity index (χ0) is 15.2. The van der Waals surface area contributed by atoms with Gasteiger partial charge in [0.05, 0.1) is 13.2 Å². The lowest BCUT2D eigenvalue weighted by Crippen LogP contribution is -2.23. The van der Waals surface area contributed by atoms with Crippen molar-refractivity contribution in [2.75, 3.05) is 20.8 Å². The molecular formula is C17H20FNO2. The van der Waals surface area contributed by atoms with Crippen LogP contribution in [0.1, 0.15) is 17.2 Å². The summed E-state index contributed by atoms with van der Waals surface area (Å²) in [6.45, 7) is 2.15. The van der Waals surface area contributed by atoms with Crippen molar-refractivity contribution in [1.29, 1.82) is 0 Å². The molecule has 4 heteroatoms. The molecule has 0 heterocycles. The molecule has 0 aliphatic rings. The van der Waals surface area contributed by atoms with Gasteiger partial charge in [-0.1, -0.05) is 18.2 Å². The molecule has 2 rings (SSSR count). The molecule has 0 aliphatic carbocycles. The number of hydrogen-bond acceptors (Lipinski definition) is 3. The second-order valence-electron chi connectivity index (χ2n) is 4.84. The molecule has 0 bridgehead atoms. The van der Waals surface area contributed by atoms with E-state index in [0.29, 0.717) is 17.9 Å². The van der Waals surface area contributed by atoms with E-state index in [9.17, 15) is 4.39 Å². The van der Waals surface area contributed by atoms with Crippen LogP contribution in [0.15, 0.2) is 42.5 Å². The van der Waals surface area contributed by atoms with Crippen molar-refractivity contribution in [3.8, 4) is 11.5 Å². The Morgan fingerprint density at radius 1 is 1.10 bits per heavy atom. The van der Waals surface area contributed by atoms with Crippen molar-refractivity contribution < 1.29 is 13.9 Å². The highest BCUT2D eigenvalue weighted by Crippen LogP contribution is 2.20. The van der Waals surface area contributed by atoms with Crippen molar-refractivity contribution in [2.45, 2.75) is 13.0 Å². The van der Waals surface area contributed by atoms with Crippen LogP contribution in [0.2, 0.25) is 0 Å². The van der Waals surface area contributed by atoms with Crippen LogP contribution in [0, 0.1) is 12.7 Å².